The molecule has 3 nitrogen and oxygen atoms in total. The van der Waals surface area contributed by atoms with Gasteiger partial charge in [0.25, 0.3) is 0 Å². The van der Waals surface area contributed by atoms with Crippen molar-refractivity contribution in [3.05, 3.63) is 58.7 Å². The first-order chi connectivity index (χ1) is 10.2. The second-order valence-electron chi connectivity index (χ2n) is 5.55. The lowest BCUT2D eigenvalue weighted by molar-refractivity contribution is 0.169. The van der Waals surface area contributed by atoms with E-state index < -0.39 is 0 Å². The third-order valence-electron chi connectivity index (χ3n) is 4.06. The van der Waals surface area contributed by atoms with Crippen molar-refractivity contribution in [1.29, 1.82) is 0 Å². The smallest absolute Gasteiger partial charge is 0.166 e. The Morgan fingerprint density at radius 3 is 2.43 bits per heavy atom. The number of hydrogen-bond donors (Lipinski definition) is 1. The van der Waals surface area contributed by atoms with Gasteiger partial charge in [-0.3, -0.25) is 0 Å². The number of fused-ring (bicyclic) bond motifs is 1. The minimum absolute atomic E-state index is 0.0959. The van der Waals surface area contributed by atoms with Crippen LogP contribution in [0.5, 0.6) is 11.5 Å². The molecule has 3 heteroatoms. The summed E-state index contributed by atoms with van der Waals surface area (Å²) in [6, 6.07) is 12.2. The second-order valence-corrected chi connectivity index (χ2v) is 5.55. The lowest BCUT2D eigenvalue weighted by atomic mass is 9.93. The van der Waals surface area contributed by atoms with E-state index in [4.69, 9.17) is 15.2 Å². The molecule has 0 aliphatic carbocycles. The maximum atomic E-state index is 6.45. The Labute approximate surface area is 125 Å². The molecule has 0 amide bonds. The van der Waals surface area contributed by atoms with Gasteiger partial charge in [-0.25, -0.2) is 0 Å². The summed E-state index contributed by atoms with van der Waals surface area (Å²) in [4.78, 5) is 0. The zero-order valence-electron chi connectivity index (χ0n) is 12.6. The molecule has 1 aliphatic heterocycles. The van der Waals surface area contributed by atoms with Crippen LogP contribution in [0.15, 0.2) is 36.4 Å². The predicted octanol–water partition coefficient (Wildman–Crippen LogP) is 3.32. The van der Waals surface area contributed by atoms with Crippen LogP contribution in [-0.2, 0) is 6.42 Å². The van der Waals surface area contributed by atoms with Crippen LogP contribution in [0.1, 0.15) is 28.3 Å². The molecule has 1 atom stereocenters. The van der Waals surface area contributed by atoms with Crippen LogP contribution in [0.3, 0.4) is 0 Å². The van der Waals surface area contributed by atoms with E-state index in [0.717, 1.165) is 23.5 Å². The summed E-state index contributed by atoms with van der Waals surface area (Å²) < 4.78 is 11.4. The predicted molar refractivity (Wildman–Crippen MR) is 84.0 cm³/mol. The van der Waals surface area contributed by atoms with Crippen molar-refractivity contribution in [3.63, 3.8) is 0 Å². The molecule has 2 N–H and O–H groups in total. The van der Waals surface area contributed by atoms with Gasteiger partial charge in [-0.1, -0.05) is 30.3 Å². The maximum Gasteiger partial charge on any atom is 0.166 e. The Morgan fingerprint density at radius 2 is 1.67 bits per heavy atom. The highest BCUT2D eigenvalue weighted by atomic mass is 16.6. The third-order valence-corrected chi connectivity index (χ3v) is 4.06. The summed E-state index contributed by atoms with van der Waals surface area (Å²) in [5.74, 6) is 1.61. The molecule has 0 saturated heterocycles. The van der Waals surface area contributed by atoms with Gasteiger partial charge in [-0.15, -0.1) is 0 Å². The summed E-state index contributed by atoms with van der Waals surface area (Å²) >= 11 is 0. The standard InChI is InChI=1S/C18H21NO2/c1-12-5-3-6-13(2)15(12)11-16(19)14-7-4-8-17-18(14)21-10-9-20-17/h3-8,16H,9-11,19H2,1-2H3. The topological polar surface area (TPSA) is 44.5 Å². The lowest BCUT2D eigenvalue weighted by Crippen LogP contribution is -2.21. The fraction of sp³-hybridized carbons (Fsp3) is 0.333. The molecule has 110 valence electrons. The van der Waals surface area contributed by atoms with Gasteiger partial charge in [0.1, 0.15) is 13.2 Å². The van der Waals surface area contributed by atoms with Crippen LogP contribution >= 0.6 is 0 Å². The number of rotatable bonds is 3. The highest BCUT2D eigenvalue weighted by Gasteiger charge is 2.20. The van der Waals surface area contributed by atoms with E-state index >= 15 is 0 Å². The molecule has 0 saturated carbocycles. The number of benzene rings is 2. The molecular formula is C18H21NO2. The lowest BCUT2D eigenvalue weighted by Gasteiger charge is -2.24. The zero-order valence-corrected chi connectivity index (χ0v) is 12.6. The highest BCUT2D eigenvalue weighted by molar-refractivity contribution is 5.49. The summed E-state index contributed by atoms with van der Waals surface area (Å²) in [6.45, 7) is 5.45. The Balaban J connectivity index is 1.91. The van der Waals surface area contributed by atoms with E-state index in [1.807, 2.05) is 18.2 Å². The molecule has 2 aromatic rings. The van der Waals surface area contributed by atoms with E-state index in [2.05, 4.69) is 32.0 Å². The molecule has 1 heterocycles. The van der Waals surface area contributed by atoms with Crippen LogP contribution in [-0.4, -0.2) is 13.2 Å². The van der Waals surface area contributed by atoms with E-state index in [1.165, 1.54) is 16.7 Å². The quantitative estimate of drug-likeness (QED) is 0.940. The molecule has 0 radical (unpaired) electrons. The Hall–Kier alpha value is -2.00. The van der Waals surface area contributed by atoms with E-state index in [9.17, 15) is 0 Å². The van der Waals surface area contributed by atoms with Gasteiger partial charge in [-0.05, 0) is 43.0 Å². The van der Waals surface area contributed by atoms with Crippen molar-refractivity contribution < 1.29 is 9.47 Å². The molecule has 0 aromatic heterocycles. The van der Waals surface area contributed by atoms with Crippen LogP contribution in [0.25, 0.3) is 0 Å². The fourth-order valence-electron chi connectivity index (χ4n) is 2.89. The molecular weight excluding hydrogens is 262 g/mol. The van der Waals surface area contributed by atoms with Crippen LogP contribution in [0.4, 0.5) is 0 Å². The van der Waals surface area contributed by atoms with E-state index in [-0.39, 0.29) is 6.04 Å². The van der Waals surface area contributed by atoms with Crippen molar-refractivity contribution in [1.82, 2.24) is 0 Å². The van der Waals surface area contributed by atoms with Crippen molar-refractivity contribution in [2.45, 2.75) is 26.3 Å². The Morgan fingerprint density at radius 1 is 1.00 bits per heavy atom. The van der Waals surface area contributed by atoms with Crippen LogP contribution in [0, 0.1) is 13.8 Å². The summed E-state index contributed by atoms with van der Waals surface area (Å²) in [6.07, 6.45) is 0.804. The van der Waals surface area contributed by atoms with Gasteiger partial charge in [-0.2, -0.15) is 0 Å². The molecule has 1 aliphatic rings. The minimum Gasteiger partial charge on any atom is -0.486 e. The number of aryl methyl sites for hydroxylation is 2. The number of para-hydroxylation sites is 1. The monoisotopic (exact) mass is 283 g/mol. The first-order valence-electron chi connectivity index (χ1n) is 7.36. The van der Waals surface area contributed by atoms with Crippen LogP contribution in [0.2, 0.25) is 0 Å². The maximum absolute atomic E-state index is 6.45. The van der Waals surface area contributed by atoms with E-state index in [1.54, 1.807) is 0 Å². The number of nitrogens with two attached hydrogens (primary N) is 1. The Kier molecular flexibility index (Phi) is 3.84. The SMILES string of the molecule is Cc1cccc(C)c1CC(N)c1cccc2c1OCCO2. The molecule has 0 bridgehead atoms. The average molecular weight is 283 g/mol. The zero-order chi connectivity index (χ0) is 14.8. The number of ether oxygens (including phenoxy) is 2. The van der Waals surface area contributed by atoms with Crippen molar-refractivity contribution in [2.24, 2.45) is 5.73 Å². The second kappa shape index (κ2) is 5.78. The van der Waals surface area contributed by atoms with Gasteiger partial charge in [0.15, 0.2) is 11.5 Å². The van der Waals surface area contributed by atoms with Gasteiger partial charge < -0.3 is 15.2 Å². The molecule has 1 unspecified atom stereocenters. The van der Waals surface area contributed by atoms with Crippen molar-refractivity contribution >= 4 is 0 Å². The molecule has 3 rings (SSSR count). The van der Waals surface area contributed by atoms with Gasteiger partial charge in [0.2, 0.25) is 0 Å². The number of hydrogen-bond acceptors (Lipinski definition) is 3. The van der Waals surface area contributed by atoms with Crippen molar-refractivity contribution in [2.75, 3.05) is 13.2 Å². The van der Waals surface area contributed by atoms with E-state index in [0.29, 0.717) is 13.2 Å². The molecule has 2 aromatic carbocycles. The molecule has 21 heavy (non-hydrogen) atoms. The van der Waals surface area contributed by atoms with Gasteiger partial charge in [0.05, 0.1) is 0 Å². The molecule has 0 spiro atoms. The molecule has 0 fully saturated rings. The first kappa shape index (κ1) is 14.0. The highest BCUT2D eigenvalue weighted by Crippen LogP contribution is 2.37. The average Bonchev–Trinajstić information content (AvgIpc) is 2.50. The fourth-order valence-corrected chi connectivity index (χ4v) is 2.89. The largest absolute Gasteiger partial charge is 0.486 e. The minimum atomic E-state index is -0.0959. The summed E-state index contributed by atoms with van der Waals surface area (Å²) in [5.41, 5.74) is 11.4. The summed E-state index contributed by atoms with van der Waals surface area (Å²) in [7, 11) is 0. The van der Waals surface area contributed by atoms with Gasteiger partial charge >= 0.3 is 0 Å². The normalized spacial score (nSPS) is 14.8. The van der Waals surface area contributed by atoms with Crippen LogP contribution < -0.4 is 15.2 Å². The summed E-state index contributed by atoms with van der Waals surface area (Å²) in [5, 5.41) is 0. The Bertz CT molecular complexity index is 631. The third kappa shape index (κ3) is 2.74. The van der Waals surface area contributed by atoms with Gasteiger partial charge in [0, 0.05) is 11.6 Å². The first-order valence-corrected chi connectivity index (χ1v) is 7.36. The van der Waals surface area contributed by atoms with Crippen molar-refractivity contribution in [3.8, 4) is 11.5 Å².